The molecule has 1 atom stereocenters. The van der Waals surface area contributed by atoms with Crippen LogP contribution in [0, 0.1) is 23.2 Å². The smallest absolute Gasteiger partial charge is 0.322 e. The van der Waals surface area contributed by atoms with Gasteiger partial charge in [-0.3, -0.25) is 14.9 Å². The van der Waals surface area contributed by atoms with E-state index in [1.54, 1.807) is 0 Å². The van der Waals surface area contributed by atoms with Crippen molar-refractivity contribution in [2.75, 3.05) is 6.54 Å². The van der Waals surface area contributed by atoms with Crippen LogP contribution in [0.5, 0.6) is 0 Å². The standard InChI is InChI=1S/C15H21N3O3/c19-12-11(17-14(21)18-12)7-16-13(20)15-4-8-1-9(5-15)3-10(2-8)6-15/h8-11H,1-7H2,(H,16,20)(H2,17,18,19,21). The zero-order valence-electron chi connectivity index (χ0n) is 12.0. The summed E-state index contributed by atoms with van der Waals surface area (Å²) in [4.78, 5) is 35.3. The van der Waals surface area contributed by atoms with Crippen LogP contribution in [0.4, 0.5) is 4.79 Å². The molecular formula is C15H21N3O3. The number of imide groups is 1. The fourth-order valence-electron chi connectivity index (χ4n) is 5.37. The fraction of sp³-hybridized carbons (Fsp3) is 0.800. The van der Waals surface area contributed by atoms with E-state index in [2.05, 4.69) is 16.0 Å². The SMILES string of the molecule is O=C1NC(=O)C(CNC(=O)C23CC4CC(CC(C4)C2)C3)N1. The number of rotatable bonds is 3. The molecule has 4 bridgehead atoms. The Bertz CT molecular complexity index is 481. The van der Waals surface area contributed by atoms with E-state index in [0.29, 0.717) is 0 Å². The Balaban J connectivity index is 1.41. The van der Waals surface area contributed by atoms with Gasteiger partial charge < -0.3 is 10.6 Å². The third-order valence-corrected chi connectivity index (χ3v) is 5.85. The normalized spacial score (nSPS) is 43.6. The molecule has 5 fully saturated rings. The second-order valence-corrected chi connectivity index (χ2v) is 7.42. The molecule has 21 heavy (non-hydrogen) atoms. The molecule has 0 aromatic carbocycles. The van der Waals surface area contributed by atoms with Crippen LogP contribution in [-0.4, -0.2) is 30.4 Å². The monoisotopic (exact) mass is 291 g/mol. The van der Waals surface area contributed by atoms with Gasteiger partial charge in [0.15, 0.2) is 0 Å². The van der Waals surface area contributed by atoms with Crippen molar-refractivity contribution in [1.82, 2.24) is 16.0 Å². The van der Waals surface area contributed by atoms with Crippen molar-refractivity contribution >= 4 is 17.8 Å². The van der Waals surface area contributed by atoms with Gasteiger partial charge in [-0.15, -0.1) is 0 Å². The molecule has 0 aromatic heterocycles. The summed E-state index contributed by atoms with van der Waals surface area (Å²) in [5, 5.41) is 7.62. The maximum Gasteiger partial charge on any atom is 0.322 e. The lowest BCUT2D eigenvalue weighted by molar-refractivity contribution is -0.146. The highest BCUT2D eigenvalue weighted by atomic mass is 16.2. The third-order valence-electron chi connectivity index (χ3n) is 5.85. The lowest BCUT2D eigenvalue weighted by Crippen LogP contribution is -2.55. The van der Waals surface area contributed by atoms with Gasteiger partial charge in [-0.1, -0.05) is 0 Å². The quantitative estimate of drug-likeness (QED) is 0.663. The summed E-state index contributed by atoms with van der Waals surface area (Å²) in [6, 6.07) is -1.11. The molecule has 0 aromatic rings. The molecular weight excluding hydrogens is 270 g/mol. The molecule has 1 saturated heterocycles. The number of carbonyl (C=O) groups excluding carboxylic acids is 3. The van der Waals surface area contributed by atoms with Gasteiger partial charge in [0.05, 0.1) is 0 Å². The Morgan fingerprint density at radius 1 is 1.10 bits per heavy atom. The van der Waals surface area contributed by atoms with E-state index in [4.69, 9.17) is 0 Å². The summed E-state index contributed by atoms with van der Waals surface area (Å²) in [7, 11) is 0. The van der Waals surface area contributed by atoms with Crippen LogP contribution < -0.4 is 16.0 Å². The molecule has 1 aliphatic heterocycles. The first-order chi connectivity index (χ1) is 10.0. The zero-order chi connectivity index (χ0) is 14.6. The van der Waals surface area contributed by atoms with E-state index in [-0.39, 0.29) is 23.8 Å². The number of hydrogen-bond donors (Lipinski definition) is 3. The van der Waals surface area contributed by atoms with E-state index in [1.165, 1.54) is 19.3 Å². The maximum absolute atomic E-state index is 12.7. The number of carbonyl (C=O) groups is 3. The van der Waals surface area contributed by atoms with Crippen LogP contribution >= 0.6 is 0 Å². The van der Waals surface area contributed by atoms with Crippen molar-refractivity contribution in [3.63, 3.8) is 0 Å². The second-order valence-electron chi connectivity index (χ2n) is 7.42. The van der Waals surface area contributed by atoms with E-state index >= 15 is 0 Å². The molecule has 4 saturated carbocycles. The predicted octanol–water partition coefficient (Wildman–Crippen LogP) is 0.527. The summed E-state index contributed by atoms with van der Waals surface area (Å²) >= 11 is 0. The molecule has 4 amide bonds. The van der Waals surface area contributed by atoms with Crippen LogP contribution in [-0.2, 0) is 9.59 Å². The summed E-state index contributed by atoms with van der Waals surface area (Å²) in [5.74, 6) is 1.89. The lowest BCUT2D eigenvalue weighted by Gasteiger charge is -2.55. The largest absolute Gasteiger partial charge is 0.353 e. The van der Waals surface area contributed by atoms with Gasteiger partial charge in [0, 0.05) is 12.0 Å². The number of hydrogen-bond acceptors (Lipinski definition) is 3. The van der Waals surface area contributed by atoms with Gasteiger partial charge in [-0.05, 0) is 56.3 Å². The molecule has 5 aliphatic rings. The molecule has 0 spiro atoms. The molecule has 1 unspecified atom stereocenters. The lowest BCUT2D eigenvalue weighted by atomic mass is 9.49. The van der Waals surface area contributed by atoms with Crippen molar-refractivity contribution in [2.24, 2.45) is 23.2 Å². The molecule has 114 valence electrons. The van der Waals surface area contributed by atoms with Crippen LogP contribution in [0.15, 0.2) is 0 Å². The first-order valence-corrected chi connectivity index (χ1v) is 7.94. The molecule has 1 heterocycles. The van der Waals surface area contributed by atoms with Crippen molar-refractivity contribution in [2.45, 2.75) is 44.6 Å². The molecule has 6 nitrogen and oxygen atoms in total. The van der Waals surface area contributed by atoms with Crippen molar-refractivity contribution < 1.29 is 14.4 Å². The molecule has 0 radical (unpaired) electrons. The highest BCUT2D eigenvalue weighted by molar-refractivity contribution is 6.04. The van der Waals surface area contributed by atoms with E-state index in [0.717, 1.165) is 37.0 Å². The fourth-order valence-corrected chi connectivity index (χ4v) is 5.37. The van der Waals surface area contributed by atoms with Crippen molar-refractivity contribution in [1.29, 1.82) is 0 Å². The topological polar surface area (TPSA) is 87.3 Å². The van der Waals surface area contributed by atoms with Crippen LogP contribution in [0.1, 0.15) is 38.5 Å². The number of amides is 4. The van der Waals surface area contributed by atoms with Crippen LogP contribution in [0.2, 0.25) is 0 Å². The van der Waals surface area contributed by atoms with Crippen molar-refractivity contribution in [3.05, 3.63) is 0 Å². The van der Waals surface area contributed by atoms with E-state index in [1.807, 2.05) is 0 Å². The highest BCUT2D eigenvalue weighted by Crippen LogP contribution is 2.60. The van der Waals surface area contributed by atoms with Crippen molar-refractivity contribution in [3.8, 4) is 0 Å². The molecule has 3 N–H and O–H groups in total. The zero-order valence-corrected chi connectivity index (χ0v) is 12.0. The minimum Gasteiger partial charge on any atom is -0.353 e. The average molecular weight is 291 g/mol. The van der Waals surface area contributed by atoms with Crippen LogP contribution in [0.25, 0.3) is 0 Å². The Hall–Kier alpha value is -1.59. The Kier molecular flexibility index (Phi) is 2.78. The van der Waals surface area contributed by atoms with Gasteiger partial charge in [0.25, 0.3) is 5.91 Å². The summed E-state index contributed by atoms with van der Waals surface area (Å²) < 4.78 is 0. The Morgan fingerprint density at radius 2 is 1.67 bits per heavy atom. The van der Waals surface area contributed by atoms with Crippen LogP contribution in [0.3, 0.4) is 0 Å². The number of urea groups is 1. The first-order valence-electron chi connectivity index (χ1n) is 7.94. The van der Waals surface area contributed by atoms with E-state index < -0.39 is 12.1 Å². The summed E-state index contributed by atoms with van der Waals surface area (Å²) in [5.41, 5.74) is -0.201. The summed E-state index contributed by atoms with van der Waals surface area (Å²) in [6.07, 6.45) is 6.92. The van der Waals surface area contributed by atoms with Gasteiger partial charge in [0.2, 0.25) is 5.91 Å². The predicted molar refractivity (Wildman–Crippen MR) is 74.1 cm³/mol. The Morgan fingerprint density at radius 3 is 2.14 bits per heavy atom. The Labute approximate surface area is 123 Å². The molecule has 4 aliphatic carbocycles. The van der Waals surface area contributed by atoms with E-state index in [9.17, 15) is 14.4 Å². The molecule has 6 heteroatoms. The van der Waals surface area contributed by atoms with Gasteiger partial charge >= 0.3 is 6.03 Å². The van der Waals surface area contributed by atoms with Gasteiger partial charge in [0.1, 0.15) is 6.04 Å². The minimum absolute atomic E-state index is 0.0931. The highest BCUT2D eigenvalue weighted by Gasteiger charge is 2.54. The molecule has 5 rings (SSSR count). The third kappa shape index (κ3) is 2.12. The maximum atomic E-state index is 12.7. The second kappa shape index (κ2) is 4.45. The number of nitrogens with one attached hydrogen (secondary N) is 3. The van der Waals surface area contributed by atoms with Gasteiger partial charge in [-0.2, -0.15) is 0 Å². The first kappa shape index (κ1) is 13.1. The average Bonchev–Trinajstić information content (AvgIpc) is 2.72. The minimum atomic E-state index is -0.629. The summed E-state index contributed by atoms with van der Waals surface area (Å²) in [6.45, 7) is 0.193. The van der Waals surface area contributed by atoms with Gasteiger partial charge in [-0.25, -0.2) is 4.79 Å².